The molecule has 0 fully saturated rings. The lowest BCUT2D eigenvalue weighted by Gasteiger charge is -2.07. The molecule has 0 amide bonds. The van der Waals surface area contributed by atoms with E-state index in [1.54, 1.807) is 29.0 Å². The predicted molar refractivity (Wildman–Crippen MR) is 100 cm³/mol. The minimum Gasteiger partial charge on any atom is -0.457 e. The van der Waals surface area contributed by atoms with Crippen molar-refractivity contribution in [1.82, 2.24) is 9.78 Å². The Labute approximate surface area is 152 Å². The zero-order chi connectivity index (χ0) is 18.5. The molecule has 0 spiro atoms. The van der Waals surface area contributed by atoms with Gasteiger partial charge >= 0.3 is 5.97 Å². The molecule has 2 aromatic carbocycles. The van der Waals surface area contributed by atoms with Gasteiger partial charge in [0.15, 0.2) is 0 Å². The average Bonchev–Trinajstić information content (AvgIpc) is 2.86. The largest absolute Gasteiger partial charge is 0.457 e. The smallest absolute Gasteiger partial charge is 0.336 e. The van der Waals surface area contributed by atoms with Gasteiger partial charge in [0.2, 0.25) is 0 Å². The molecule has 26 heavy (non-hydrogen) atoms. The molecule has 0 saturated heterocycles. The van der Waals surface area contributed by atoms with Gasteiger partial charge < -0.3 is 9.47 Å². The number of hydrogen-bond donors (Lipinski definition) is 0. The van der Waals surface area contributed by atoms with Gasteiger partial charge in [0.25, 0.3) is 0 Å². The van der Waals surface area contributed by atoms with Gasteiger partial charge in [0.1, 0.15) is 17.2 Å². The van der Waals surface area contributed by atoms with Crippen LogP contribution >= 0.6 is 0 Å². The van der Waals surface area contributed by atoms with Gasteiger partial charge in [0, 0.05) is 30.4 Å². The molecule has 0 unspecified atom stereocenters. The van der Waals surface area contributed by atoms with Gasteiger partial charge in [-0.1, -0.05) is 24.3 Å². The second-order valence-corrected chi connectivity index (χ2v) is 5.85. The summed E-state index contributed by atoms with van der Waals surface area (Å²) in [6, 6.07) is 16.4. The van der Waals surface area contributed by atoms with Crippen LogP contribution in [0.2, 0.25) is 0 Å². The molecule has 5 heteroatoms. The van der Waals surface area contributed by atoms with E-state index in [2.05, 4.69) is 5.10 Å². The van der Waals surface area contributed by atoms with Crippen molar-refractivity contribution in [2.75, 3.05) is 0 Å². The zero-order valence-electron chi connectivity index (χ0n) is 15.0. The van der Waals surface area contributed by atoms with E-state index in [0.29, 0.717) is 11.5 Å². The summed E-state index contributed by atoms with van der Waals surface area (Å²) in [5, 5.41) is 4.32. The van der Waals surface area contributed by atoms with Gasteiger partial charge in [-0.15, -0.1) is 0 Å². The molecule has 0 radical (unpaired) electrons. The van der Waals surface area contributed by atoms with Crippen LogP contribution in [0.25, 0.3) is 6.08 Å². The van der Waals surface area contributed by atoms with Gasteiger partial charge in [0.05, 0.1) is 5.69 Å². The lowest BCUT2D eigenvalue weighted by molar-refractivity contribution is -0.128. The highest BCUT2D eigenvalue weighted by Gasteiger charge is 2.08. The van der Waals surface area contributed by atoms with Crippen LogP contribution in [0.1, 0.15) is 17.0 Å². The van der Waals surface area contributed by atoms with Gasteiger partial charge in [-0.25, -0.2) is 4.79 Å². The molecule has 5 nitrogen and oxygen atoms in total. The monoisotopic (exact) mass is 348 g/mol. The van der Waals surface area contributed by atoms with E-state index in [-0.39, 0.29) is 0 Å². The average molecular weight is 348 g/mol. The normalized spacial score (nSPS) is 10.9. The second kappa shape index (κ2) is 7.70. The number of carbonyl (C=O) groups is 1. The first-order valence-corrected chi connectivity index (χ1v) is 8.26. The summed E-state index contributed by atoms with van der Waals surface area (Å²) in [5.74, 6) is 1.29. The van der Waals surface area contributed by atoms with E-state index >= 15 is 0 Å². The van der Waals surface area contributed by atoms with Crippen LogP contribution in [0.15, 0.2) is 60.7 Å². The third-order valence-electron chi connectivity index (χ3n) is 3.95. The highest BCUT2D eigenvalue weighted by molar-refractivity contribution is 5.89. The van der Waals surface area contributed by atoms with Crippen LogP contribution in [0.5, 0.6) is 17.2 Å². The molecule has 3 aromatic rings. The zero-order valence-corrected chi connectivity index (χ0v) is 15.0. The Kier molecular flexibility index (Phi) is 5.17. The van der Waals surface area contributed by atoms with Crippen molar-refractivity contribution in [1.29, 1.82) is 0 Å². The predicted octanol–water partition coefficient (Wildman–Crippen LogP) is 4.45. The molecule has 0 aliphatic carbocycles. The van der Waals surface area contributed by atoms with Crippen molar-refractivity contribution < 1.29 is 14.3 Å². The summed E-state index contributed by atoms with van der Waals surface area (Å²) in [7, 11) is 1.87. The Morgan fingerprint density at radius 2 is 1.69 bits per heavy atom. The molecule has 0 N–H and O–H groups in total. The van der Waals surface area contributed by atoms with Crippen LogP contribution < -0.4 is 9.47 Å². The summed E-state index contributed by atoms with van der Waals surface area (Å²) in [5.41, 5.74) is 2.78. The van der Waals surface area contributed by atoms with Gasteiger partial charge in [-0.3, -0.25) is 4.68 Å². The van der Waals surface area contributed by atoms with Crippen molar-refractivity contribution in [3.05, 3.63) is 77.6 Å². The minimum absolute atomic E-state index is 0.424. The first-order chi connectivity index (χ1) is 12.5. The molecule has 3 rings (SSSR count). The fourth-order valence-electron chi connectivity index (χ4n) is 2.56. The first-order valence-electron chi connectivity index (χ1n) is 8.26. The van der Waals surface area contributed by atoms with Crippen molar-refractivity contribution in [3.63, 3.8) is 0 Å². The Hall–Kier alpha value is -3.34. The molecule has 0 atom stereocenters. The third-order valence-corrected chi connectivity index (χ3v) is 3.95. The highest BCUT2D eigenvalue weighted by Crippen LogP contribution is 2.25. The molecule has 132 valence electrons. The number of hydrogen-bond acceptors (Lipinski definition) is 4. The quantitative estimate of drug-likeness (QED) is 0.388. The number of nitrogens with zero attached hydrogens (tertiary/aromatic N) is 2. The molecule has 0 aliphatic rings. The van der Waals surface area contributed by atoms with E-state index in [1.165, 1.54) is 6.08 Å². The van der Waals surface area contributed by atoms with Crippen LogP contribution in [-0.2, 0) is 11.8 Å². The van der Waals surface area contributed by atoms with Gasteiger partial charge in [-0.05, 0) is 44.2 Å². The number of rotatable bonds is 5. The standard InChI is InChI=1S/C21H20N2O3/c1-15-20(16(2)23(3)22-15)12-13-21(24)26-19-11-7-10-18(14-19)25-17-8-5-4-6-9-17/h4-14H,1-3H3. The Morgan fingerprint density at radius 1 is 1.00 bits per heavy atom. The summed E-state index contributed by atoms with van der Waals surface area (Å²) >= 11 is 0. The molecular weight excluding hydrogens is 328 g/mol. The Morgan fingerprint density at radius 3 is 2.38 bits per heavy atom. The molecule has 0 saturated carbocycles. The van der Waals surface area contributed by atoms with Crippen LogP contribution in [0.4, 0.5) is 0 Å². The van der Waals surface area contributed by atoms with E-state index in [0.717, 1.165) is 22.7 Å². The summed E-state index contributed by atoms with van der Waals surface area (Å²) < 4.78 is 12.9. The second-order valence-electron chi connectivity index (χ2n) is 5.85. The lowest BCUT2D eigenvalue weighted by atomic mass is 10.2. The number of aryl methyl sites for hydroxylation is 2. The molecule has 0 aliphatic heterocycles. The maximum Gasteiger partial charge on any atom is 0.336 e. The van der Waals surface area contributed by atoms with Crippen LogP contribution in [0.3, 0.4) is 0 Å². The fraction of sp³-hybridized carbons (Fsp3) is 0.143. The van der Waals surface area contributed by atoms with E-state index in [4.69, 9.17) is 9.47 Å². The van der Waals surface area contributed by atoms with Gasteiger partial charge in [-0.2, -0.15) is 5.10 Å². The van der Waals surface area contributed by atoms with Crippen molar-refractivity contribution in [2.45, 2.75) is 13.8 Å². The first kappa shape index (κ1) is 17.5. The summed E-state index contributed by atoms with van der Waals surface area (Å²) in [6.07, 6.45) is 3.13. The number of carbonyl (C=O) groups excluding carboxylic acids is 1. The summed E-state index contributed by atoms with van der Waals surface area (Å²) in [4.78, 5) is 12.1. The maximum atomic E-state index is 12.1. The third kappa shape index (κ3) is 4.19. The number of esters is 1. The topological polar surface area (TPSA) is 53.4 Å². The number of benzene rings is 2. The summed E-state index contributed by atoms with van der Waals surface area (Å²) in [6.45, 7) is 3.86. The molecular formula is C21H20N2O3. The van der Waals surface area contributed by atoms with Crippen molar-refractivity contribution in [3.8, 4) is 17.2 Å². The van der Waals surface area contributed by atoms with Crippen molar-refractivity contribution in [2.24, 2.45) is 7.05 Å². The van der Waals surface area contributed by atoms with Crippen LogP contribution in [-0.4, -0.2) is 15.7 Å². The fourth-order valence-corrected chi connectivity index (χ4v) is 2.56. The maximum absolute atomic E-state index is 12.1. The Bertz CT molecular complexity index is 943. The van der Waals surface area contributed by atoms with Crippen LogP contribution in [0, 0.1) is 13.8 Å². The number of aromatic nitrogens is 2. The Balaban J connectivity index is 1.68. The number of ether oxygens (including phenoxy) is 2. The molecule has 1 aromatic heterocycles. The van der Waals surface area contributed by atoms with Crippen molar-refractivity contribution >= 4 is 12.0 Å². The minimum atomic E-state index is -0.454. The number of para-hydroxylation sites is 1. The molecule has 0 bridgehead atoms. The highest BCUT2D eigenvalue weighted by atomic mass is 16.5. The molecule has 1 heterocycles. The van der Waals surface area contributed by atoms with E-state index < -0.39 is 5.97 Å². The van der Waals surface area contributed by atoms with E-state index in [9.17, 15) is 4.79 Å². The SMILES string of the molecule is Cc1nn(C)c(C)c1C=CC(=O)Oc1cccc(Oc2ccccc2)c1. The van der Waals surface area contributed by atoms with E-state index in [1.807, 2.05) is 57.3 Å². The lowest BCUT2D eigenvalue weighted by Crippen LogP contribution is -2.03.